The Hall–Kier alpha value is -1.73. The zero-order valence-corrected chi connectivity index (χ0v) is 35.1. The first-order valence-corrected chi connectivity index (χ1v) is 23.3. The Kier molecular flexibility index (Phi) is 38.6. The quantitative estimate of drug-likeness (QED) is 0.0274. The number of unbranched alkanes of at least 4 members (excludes halogenated alkanes) is 24. The maximum atomic E-state index is 12.4. The largest absolute Gasteiger partial charge is 0.469 e. The summed E-state index contributed by atoms with van der Waals surface area (Å²) in [6.45, 7) is 3.63. The van der Waals surface area contributed by atoms with Gasteiger partial charge in [-0.3, -0.25) is 14.1 Å². The molecule has 0 rings (SSSR count). The van der Waals surface area contributed by atoms with E-state index in [-0.39, 0.29) is 19.4 Å². The number of carbonyl (C=O) groups is 2. The van der Waals surface area contributed by atoms with Gasteiger partial charge in [-0.05, 0) is 70.6 Å². The van der Waals surface area contributed by atoms with Crippen molar-refractivity contribution >= 4 is 19.8 Å². The second kappa shape index (κ2) is 39.9. The van der Waals surface area contributed by atoms with E-state index in [1.54, 1.807) is 0 Å². The monoisotopic (exact) mass is 769 g/mol. The molecule has 0 spiro atoms. The lowest BCUT2D eigenvalue weighted by Gasteiger charge is -2.18. The zero-order chi connectivity index (χ0) is 38.9. The van der Waals surface area contributed by atoms with E-state index in [2.05, 4.69) is 54.8 Å². The molecule has 0 aliphatic heterocycles. The molecule has 0 fully saturated rings. The molecule has 0 saturated carbocycles. The van der Waals surface area contributed by atoms with Gasteiger partial charge in [0.25, 0.3) is 0 Å². The smallest absolute Gasteiger partial charge is 0.462 e. The normalized spacial score (nSPS) is 12.8. The summed E-state index contributed by atoms with van der Waals surface area (Å²) >= 11 is 0. The summed E-state index contributed by atoms with van der Waals surface area (Å²) < 4.78 is 26.3. The first-order chi connectivity index (χ1) is 25.8. The van der Waals surface area contributed by atoms with Crippen molar-refractivity contribution in [1.29, 1.82) is 0 Å². The number of ether oxygens (including phenoxy) is 2. The third kappa shape index (κ3) is 42.9. The van der Waals surface area contributed by atoms with Crippen molar-refractivity contribution in [3.8, 4) is 0 Å². The molecule has 310 valence electrons. The molecular weight excluding hydrogens is 687 g/mol. The molecular formula is C44H81O8P. The Bertz CT molecular complexity index is 957. The van der Waals surface area contributed by atoms with Crippen molar-refractivity contribution < 1.29 is 37.9 Å². The highest BCUT2D eigenvalue weighted by molar-refractivity contribution is 7.46. The van der Waals surface area contributed by atoms with Crippen LogP contribution in [0.3, 0.4) is 0 Å². The summed E-state index contributed by atoms with van der Waals surface area (Å²) in [7, 11) is -4.76. The van der Waals surface area contributed by atoms with Crippen molar-refractivity contribution in [3.05, 3.63) is 36.5 Å². The maximum Gasteiger partial charge on any atom is 0.469 e. The molecule has 0 bridgehead atoms. The van der Waals surface area contributed by atoms with Gasteiger partial charge in [0.05, 0.1) is 6.61 Å². The molecule has 0 amide bonds. The van der Waals surface area contributed by atoms with Crippen molar-refractivity contribution in [2.24, 2.45) is 0 Å². The summed E-state index contributed by atoms with van der Waals surface area (Å²) in [5.74, 6) is -0.942. The molecule has 0 saturated heterocycles. The van der Waals surface area contributed by atoms with E-state index >= 15 is 0 Å². The van der Waals surface area contributed by atoms with Crippen molar-refractivity contribution in [1.82, 2.24) is 0 Å². The average Bonchev–Trinajstić information content (AvgIpc) is 3.13. The summed E-state index contributed by atoms with van der Waals surface area (Å²) in [6.07, 6.45) is 47.5. The second-order valence-corrected chi connectivity index (χ2v) is 15.9. The number of carbonyl (C=O) groups excluding carboxylic acids is 2. The molecule has 0 aromatic heterocycles. The van der Waals surface area contributed by atoms with E-state index < -0.39 is 32.5 Å². The van der Waals surface area contributed by atoms with E-state index in [9.17, 15) is 14.2 Å². The lowest BCUT2D eigenvalue weighted by molar-refractivity contribution is -0.161. The second-order valence-electron chi connectivity index (χ2n) is 14.7. The fourth-order valence-corrected chi connectivity index (χ4v) is 6.45. The van der Waals surface area contributed by atoms with Gasteiger partial charge in [-0.25, -0.2) is 4.57 Å². The molecule has 1 atom stereocenters. The number of hydrogen-bond acceptors (Lipinski definition) is 6. The topological polar surface area (TPSA) is 119 Å². The standard InChI is InChI=1S/C44H81O8P/c1-3-5-7-9-11-13-15-17-18-19-20-21-22-23-24-25-26-27-29-30-32-34-36-38-43(45)50-40-42(41-51-53(47,48)49)52-44(46)39-37-35-33-31-28-16-14-12-10-8-6-4-2/h12,14,25-26,30,32,42H,3-11,13,15-24,27-29,31,33-41H2,1-2H3,(H2,47,48,49)/b14-12+,26-25+,32-30+/t42-/m1/s1. The van der Waals surface area contributed by atoms with E-state index in [1.165, 1.54) is 109 Å². The lowest BCUT2D eigenvalue weighted by Crippen LogP contribution is -2.29. The van der Waals surface area contributed by atoms with Gasteiger partial charge in [0.1, 0.15) is 6.61 Å². The van der Waals surface area contributed by atoms with Crippen LogP contribution in [0.4, 0.5) is 0 Å². The minimum Gasteiger partial charge on any atom is -0.462 e. The van der Waals surface area contributed by atoms with Crippen molar-refractivity contribution in [3.63, 3.8) is 0 Å². The van der Waals surface area contributed by atoms with E-state index in [4.69, 9.17) is 19.3 Å². The number of phosphoric acid groups is 1. The van der Waals surface area contributed by atoms with Gasteiger partial charge in [-0.2, -0.15) is 0 Å². The molecule has 2 N–H and O–H groups in total. The molecule has 8 nitrogen and oxygen atoms in total. The highest BCUT2D eigenvalue weighted by atomic mass is 31.2. The third-order valence-corrected chi connectivity index (χ3v) is 9.84. The predicted molar refractivity (Wildman–Crippen MR) is 221 cm³/mol. The molecule has 53 heavy (non-hydrogen) atoms. The van der Waals surface area contributed by atoms with Crippen LogP contribution in [0.2, 0.25) is 0 Å². The van der Waals surface area contributed by atoms with Crippen LogP contribution < -0.4 is 0 Å². The lowest BCUT2D eigenvalue weighted by atomic mass is 10.0. The van der Waals surface area contributed by atoms with Gasteiger partial charge >= 0.3 is 19.8 Å². The van der Waals surface area contributed by atoms with Gasteiger partial charge in [-0.15, -0.1) is 0 Å². The van der Waals surface area contributed by atoms with Crippen LogP contribution in [0.5, 0.6) is 0 Å². The Morgan fingerprint density at radius 3 is 1.30 bits per heavy atom. The minimum atomic E-state index is -4.76. The fourth-order valence-electron chi connectivity index (χ4n) is 6.09. The molecule has 9 heteroatoms. The van der Waals surface area contributed by atoms with Gasteiger partial charge in [0.15, 0.2) is 6.10 Å². The Balaban J connectivity index is 3.90. The van der Waals surface area contributed by atoms with Gasteiger partial charge in [0.2, 0.25) is 0 Å². The first kappa shape index (κ1) is 51.3. The maximum absolute atomic E-state index is 12.4. The molecule has 0 aromatic rings. The highest BCUT2D eigenvalue weighted by Gasteiger charge is 2.22. The number of esters is 2. The van der Waals surface area contributed by atoms with Gasteiger partial charge < -0.3 is 19.3 Å². The average molecular weight is 769 g/mol. The summed E-state index contributed by atoms with van der Waals surface area (Å²) in [5, 5.41) is 0. The Morgan fingerprint density at radius 2 is 0.830 bits per heavy atom. The zero-order valence-electron chi connectivity index (χ0n) is 34.2. The van der Waals surface area contributed by atoms with Crippen LogP contribution in [0.25, 0.3) is 0 Å². The molecule has 0 heterocycles. The Morgan fingerprint density at radius 1 is 0.472 bits per heavy atom. The SMILES string of the molecule is CCCCC/C=C/CCCCCCCC(=O)O[C@H](COC(=O)CCC/C=C/CC/C=C/CCCCCCCCCCCCCCCC)COP(=O)(O)O. The number of hydrogen-bond donors (Lipinski definition) is 2. The van der Waals surface area contributed by atoms with Crippen LogP contribution in [-0.2, 0) is 28.2 Å². The summed E-state index contributed by atoms with van der Waals surface area (Å²) in [6, 6.07) is 0. The number of allylic oxidation sites excluding steroid dienone is 6. The predicted octanol–water partition coefficient (Wildman–Crippen LogP) is 13.4. The van der Waals surface area contributed by atoms with Crippen LogP contribution in [0.15, 0.2) is 36.5 Å². The summed E-state index contributed by atoms with van der Waals surface area (Å²) in [5.41, 5.74) is 0. The van der Waals surface area contributed by atoms with E-state index in [1.807, 2.05) is 0 Å². The molecule has 0 aliphatic rings. The van der Waals surface area contributed by atoms with Crippen molar-refractivity contribution in [2.45, 2.75) is 219 Å². The van der Waals surface area contributed by atoms with E-state index in [0.717, 1.165) is 64.2 Å². The molecule has 0 aliphatic carbocycles. The van der Waals surface area contributed by atoms with Crippen LogP contribution in [0.1, 0.15) is 213 Å². The van der Waals surface area contributed by atoms with E-state index in [0.29, 0.717) is 12.8 Å². The van der Waals surface area contributed by atoms with Crippen LogP contribution in [-0.4, -0.2) is 41.0 Å². The van der Waals surface area contributed by atoms with Crippen molar-refractivity contribution in [2.75, 3.05) is 13.2 Å². The third-order valence-electron chi connectivity index (χ3n) is 9.36. The molecule has 0 radical (unpaired) electrons. The molecule has 0 unspecified atom stereocenters. The minimum absolute atomic E-state index is 0.194. The fraction of sp³-hybridized carbons (Fsp3) is 0.818. The number of rotatable bonds is 40. The number of phosphoric ester groups is 1. The van der Waals surface area contributed by atoms with Gasteiger partial charge in [-0.1, -0.05) is 166 Å². The van der Waals surface area contributed by atoms with Gasteiger partial charge in [0, 0.05) is 12.8 Å². The summed E-state index contributed by atoms with van der Waals surface area (Å²) in [4.78, 5) is 42.8. The molecule has 0 aromatic carbocycles. The Labute approximate surface area is 325 Å². The van der Waals surface area contributed by atoms with Crippen LogP contribution >= 0.6 is 7.82 Å². The highest BCUT2D eigenvalue weighted by Crippen LogP contribution is 2.36. The first-order valence-electron chi connectivity index (χ1n) is 21.8. The van der Waals surface area contributed by atoms with Crippen LogP contribution in [0, 0.1) is 0 Å².